The van der Waals surface area contributed by atoms with E-state index < -0.39 is 0 Å². The average molecular weight is 299 g/mol. The highest BCUT2D eigenvalue weighted by Gasteiger charge is 2.41. The number of carbonyl (C=O) groups is 1. The maximum atomic E-state index is 12.6. The van der Waals surface area contributed by atoms with Crippen molar-refractivity contribution in [3.05, 3.63) is 42.2 Å². The topological polar surface area (TPSA) is 44.8 Å². The molecule has 3 aliphatic rings. The molecule has 2 heterocycles. The van der Waals surface area contributed by atoms with E-state index in [2.05, 4.69) is 11.5 Å². The summed E-state index contributed by atoms with van der Waals surface area (Å²) in [6.07, 6.45) is 7.22. The second kappa shape index (κ2) is 5.32. The summed E-state index contributed by atoms with van der Waals surface area (Å²) in [6, 6.07) is 8.09. The Morgan fingerprint density at radius 3 is 2.95 bits per heavy atom. The Bertz CT molecular complexity index is 612. The van der Waals surface area contributed by atoms with Crippen LogP contribution in [-0.4, -0.2) is 35.5 Å². The van der Waals surface area contributed by atoms with Crippen molar-refractivity contribution in [3.63, 3.8) is 0 Å². The van der Waals surface area contributed by atoms with E-state index in [0.717, 1.165) is 24.3 Å². The molecule has 5 nitrogen and oxygen atoms in total. The van der Waals surface area contributed by atoms with Crippen molar-refractivity contribution in [2.45, 2.75) is 31.3 Å². The minimum absolute atomic E-state index is 0.0973. The van der Waals surface area contributed by atoms with Crippen molar-refractivity contribution >= 4 is 5.91 Å². The molecule has 2 aliphatic heterocycles. The van der Waals surface area contributed by atoms with Crippen LogP contribution in [-0.2, 0) is 4.79 Å². The number of rotatable bonds is 4. The van der Waals surface area contributed by atoms with Crippen LogP contribution in [0.2, 0.25) is 0 Å². The zero-order valence-corrected chi connectivity index (χ0v) is 12.7. The minimum atomic E-state index is -0.0973. The smallest absolute Gasteiger partial charge is 0.250 e. The van der Waals surface area contributed by atoms with E-state index in [1.165, 1.54) is 12.8 Å². The third kappa shape index (κ3) is 2.46. The second-order valence-electron chi connectivity index (χ2n) is 6.35. The fourth-order valence-corrected chi connectivity index (χ4v) is 3.24. The number of nitrogens with one attached hydrogen (secondary N) is 1. The normalized spacial score (nSPS) is 27.2. The van der Waals surface area contributed by atoms with Crippen LogP contribution in [0.5, 0.6) is 5.75 Å². The quantitative estimate of drug-likeness (QED) is 0.924. The van der Waals surface area contributed by atoms with E-state index in [4.69, 9.17) is 4.74 Å². The van der Waals surface area contributed by atoms with E-state index in [1.54, 1.807) is 7.11 Å². The fraction of sp³-hybridized carbons (Fsp3) is 0.471. The van der Waals surface area contributed by atoms with Gasteiger partial charge < -0.3 is 14.6 Å². The van der Waals surface area contributed by atoms with Gasteiger partial charge in [-0.05, 0) is 42.9 Å². The van der Waals surface area contributed by atoms with Crippen molar-refractivity contribution < 1.29 is 9.53 Å². The van der Waals surface area contributed by atoms with Gasteiger partial charge in [-0.3, -0.25) is 4.79 Å². The molecule has 1 saturated heterocycles. The monoisotopic (exact) mass is 299 g/mol. The Labute approximate surface area is 130 Å². The Kier molecular flexibility index (Phi) is 3.30. The molecule has 5 heteroatoms. The Morgan fingerprint density at radius 2 is 2.18 bits per heavy atom. The van der Waals surface area contributed by atoms with E-state index in [0.29, 0.717) is 5.92 Å². The van der Waals surface area contributed by atoms with Gasteiger partial charge >= 0.3 is 0 Å². The van der Waals surface area contributed by atoms with Gasteiger partial charge in [0.15, 0.2) is 0 Å². The van der Waals surface area contributed by atoms with Crippen LogP contribution < -0.4 is 10.2 Å². The van der Waals surface area contributed by atoms with Crippen LogP contribution >= 0.6 is 0 Å². The second-order valence-corrected chi connectivity index (χ2v) is 6.35. The molecule has 2 atom stereocenters. The molecule has 1 aliphatic carbocycles. The standard InChI is InChI=1S/C17H21N3O2/c1-22-14-4-2-3-13(9-14)15-10-16-17(21)19(11-12-5-6-12)7-8-20(16)18-15/h2-4,7-9,12,15-16,18H,5-6,10-11H2,1H3. The summed E-state index contributed by atoms with van der Waals surface area (Å²) in [6.45, 7) is 0.878. The fourth-order valence-electron chi connectivity index (χ4n) is 3.24. The van der Waals surface area contributed by atoms with Crippen molar-refractivity contribution in [3.8, 4) is 5.75 Å². The number of hydrogen-bond donors (Lipinski definition) is 1. The number of hydrazine groups is 1. The predicted octanol–water partition coefficient (Wildman–Crippen LogP) is 2.04. The summed E-state index contributed by atoms with van der Waals surface area (Å²) in [5, 5.41) is 1.95. The highest BCUT2D eigenvalue weighted by Crippen LogP contribution is 2.34. The number of carbonyl (C=O) groups excluding carboxylic acids is 1. The number of amides is 1. The number of nitrogens with zero attached hydrogens (tertiary/aromatic N) is 2. The zero-order chi connectivity index (χ0) is 15.1. The van der Waals surface area contributed by atoms with Crippen LogP contribution in [0, 0.1) is 5.92 Å². The lowest BCUT2D eigenvalue weighted by Crippen LogP contribution is -2.48. The van der Waals surface area contributed by atoms with Gasteiger partial charge in [0.2, 0.25) is 0 Å². The summed E-state index contributed by atoms with van der Waals surface area (Å²) in [4.78, 5) is 14.5. The Morgan fingerprint density at radius 1 is 1.32 bits per heavy atom. The van der Waals surface area contributed by atoms with Crippen LogP contribution in [0.4, 0.5) is 0 Å². The molecule has 2 fully saturated rings. The van der Waals surface area contributed by atoms with Crippen molar-refractivity contribution in [1.29, 1.82) is 0 Å². The first-order valence-corrected chi connectivity index (χ1v) is 7.92. The zero-order valence-electron chi connectivity index (χ0n) is 12.7. The van der Waals surface area contributed by atoms with Gasteiger partial charge in [-0.2, -0.15) is 0 Å². The minimum Gasteiger partial charge on any atom is -0.497 e. The molecule has 1 aromatic carbocycles. The summed E-state index contributed by atoms with van der Waals surface area (Å²) in [5.41, 5.74) is 4.58. The summed E-state index contributed by atoms with van der Waals surface area (Å²) in [7, 11) is 1.67. The Hall–Kier alpha value is -2.01. The molecule has 4 rings (SSSR count). The molecule has 1 N–H and O–H groups in total. The van der Waals surface area contributed by atoms with Crippen molar-refractivity contribution in [1.82, 2.24) is 15.3 Å². The summed E-state index contributed by atoms with van der Waals surface area (Å²) < 4.78 is 5.29. The number of methoxy groups -OCH3 is 1. The maximum Gasteiger partial charge on any atom is 0.250 e. The first-order chi connectivity index (χ1) is 10.7. The molecule has 0 aromatic heterocycles. The average Bonchev–Trinajstić information content (AvgIpc) is 3.25. The SMILES string of the molecule is COc1cccc(C2CC3C(=O)N(CC4CC4)C=CN3N2)c1. The van der Waals surface area contributed by atoms with Crippen molar-refractivity contribution in [2.24, 2.45) is 5.92 Å². The first-order valence-electron chi connectivity index (χ1n) is 7.92. The van der Waals surface area contributed by atoms with E-state index >= 15 is 0 Å². The third-order valence-corrected chi connectivity index (χ3v) is 4.72. The molecule has 1 aromatic rings. The van der Waals surface area contributed by atoms with Crippen LogP contribution in [0.25, 0.3) is 0 Å². The summed E-state index contributed by atoms with van der Waals surface area (Å²) in [5.74, 6) is 1.78. The lowest BCUT2D eigenvalue weighted by molar-refractivity contribution is -0.134. The number of fused-ring (bicyclic) bond motifs is 1. The lowest BCUT2D eigenvalue weighted by Gasteiger charge is -2.31. The molecule has 0 spiro atoms. The van der Waals surface area contributed by atoms with Gasteiger partial charge in [0.1, 0.15) is 11.8 Å². The van der Waals surface area contributed by atoms with Gasteiger partial charge in [0.25, 0.3) is 5.91 Å². The molecule has 116 valence electrons. The molecule has 1 amide bonds. The van der Waals surface area contributed by atoms with E-state index in [-0.39, 0.29) is 18.0 Å². The van der Waals surface area contributed by atoms with Crippen LogP contribution in [0.3, 0.4) is 0 Å². The molecule has 1 saturated carbocycles. The van der Waals surface area contributed by atoms with Gasteiger partial charge in [0.05, 0.1) is 13.2 Å². The molecule has 2 unspecified atom stereocenters. The van der Waals surface area contributed by atoms with Gasteiger partial charge in [-0.15, -0.1) is 0 Å². The number of hydrogen-bond acceptors (Lipinski definition) is 4. The summed E-state index contributed by atoms with van der Waals surface area (Å²) >= 11 is 0. The van der Waals surface area contributed by atoms with E-state index in [1.807, 2.05) is 40.5 Å². The van der Waals surface area contributed by atoms with Gasteiger partial charge in [-0.1, -0.05) is 12.1 Å². The molecule has 0 bridgehead atoms. The lowest BCUT2D eigenvalue weighted by atomic mass is 10.0. The molecule has 22 heavy (non-hydrogen) atoms. The Balaban J connectivity index is 1.50. The molecular formula is C17H21N3O2. The van der Waals surface area contributed by atoms with E-state index in [9.17, 15) is 4.79 Å². The maximum absolute atomic E-state index is 12.6. The third-order valence-electron chi connectivity index (χ3n) is 4.72. The highest BCUT2D eigenvalue weighted by atomic mass is 16.5. The van der Waals surface area contributed by atoms with Crippen LogP contribution in [0.15, 0.2) is 36.7 Å². The molecule has 0 radical (unpaired) electrons. The van der Waals surface area contributed by atoms with Crippen LogP contribution in [0.1, 0.15) is 30.9 Å². The largest absolute Gasteiger partial charge is 0.497 e. The predicted molar refractivity (Wildman–Crippen MR) is 82.7 cm³/mol. The van der Waals surface area contributed by atoms with Crippen molar-refractivity contribution in [2.75, 3.05) is 13.7 Å². The van der Waals surface area contributed by atoms with Gasteiger partial charge in [-0.25, -0.2) is 5.43 Å². The number of benzene rings is 1. The van der Waals surface area contributed by atoms with Gasteiger partial charge in [0, 0.05) is 18.9 Å². The number of ether oxygens (including phenoxy) is 1. The first kappa shape index (κ1) is 13.6. The molecular weight excluding hydrogens is 278 g/mol. The highest BCUT2D eigenvalue weighted by molar-refractivity contribution is 5.84.